The van der Waals surface area contributed by atoms with E-state index < -0.39 is 20.2 Å². The quantitative estimate of drug-likeness (QED) is 0.0371. The second-order valence-corrected chi connectivity index (χ2v) is 18.8. The molecule has 0 saturated carbocycles. The monoisotopic (exact) mass is 727 g/mol. The van der Waals surface area contributed by atoms with Gasteiger partial charge in [0.05, 0.1) is 74.6 Å². The van der Waals surface area contributed by atoms with Gasteiger partial charge in [0, 0.05) is 24.3 Å². The number of nitrogens with zero attached hydrogens (tertiary/aromatic N) is 2. The van der Waals surface area contributed by atoms with Gasteiger partial charge >= 0.3 is 0 Å². The van der Waals surface area contributed by atoms with E-state index in [2.05, 4.69) is 42.0 Å². The molecular formula is C38H82N2O6S2. The molecule has 0 heterocycles. The molecular weight excluding hydrogens is 645 g/mol. The lowest BCUT2D eigenvalue weighted by atomic mass is 10.1. The van der Waals surface area contributed by atoms with Gasteiger partial charge in [-0.1, -0.05) is 142 Å². The van der Waals surface area contributed by atoms with Gasteiger partial charge in [0.2, 0.25) is 0 Å². The highest BCUT2D eigenvalue weighted by Crippen LogP contribution is 2.14. The second-order valence-electron chi connectivity index (χ2n) is 15.8. The van der Waals surface area contributed by atoms with Gasteiger partial charge in [-0.3, -0.25) is 0 Å². The first-order valence-corrected chi connectivity index (χ1v) is 23.2. The number of hydrogen-bond acceptors (Lipinski definition) is 6. The zero-order chi connectivity index (χ0) is 36.6. The average molecular weight is 727 g/mol. The van der Waals surface area contributed by atoms with E-state index in [0.717, 1.165) is 35.1 Å². The summed E-state index contributed by atoms with van der Waals surface area (Å²) in [7, 11) is 0.377. The molecule has 0 amide bonds. The van der Waals surface area contributed by atoms with Crippen LogP contribution in [0.5, 0.6) is 0 Å². The molecule has 292 valence electrons. The van der Waals surface area contributed by atoms with Gasteiger partial charge in [-0.2, -0.15) is 0 Å². The van der Waals surface area contributed by atoms with E-state index in [0.29, 0.717) is 12.8 Å². The van der Waals surface area contributed by atoms with Crippen LogP contribution in [-0.2, 0) is 20.2 Å². The molecule has 0 aliphatic carbocycles. The van der Waals surface area contributed by atoms with E-state index in [1.807, 2.05) is 0 Å². The Hall–Kier alpha value is -0.260. The third kappa shape index (κ3) is 43.8. The first-order valence-electron chi connectivity index (χ1n) is 20.0. The third-order valence-electron chi connectivity index (χ3n) is 9.55. The van der Waals surface area contributed by atoms with Crippen LogP contribution < -0.4 is 0 Å². The van der Waals surface area contributed by atoms with Crippen molar-refractivity contribution in [2.45, 2.75) is 181 Å². The summed E-state index contributed by atoms with van der Waals surface area (Å²) in [5.74, 6) is -0.458. The van der Waals surface area contributed by atoms with Crippen LogP contribution >= 0.6 is 0 Å². The Kier molecular flexibility index (Phi) is 32.7. The predicted molar refractivity (Wildman–Crippen MR) is 204 cm³/mol. The molecule has 0 aromatic heterocycles. The molecule has 0 atom stereocenters. The average Bonchev–Trinajstić information content (AvgIpc) is 2.97. The molecule has 48 heavy (non-hydrogen) atoms. The molecule has 0 saturated heterocycles. The SMILES string of the molecule is CCCCCCCCCCCCCC[N+](C)(C)CCCS(=O)(=O)[O-].CCCCCCCCCCCCCC[N+](C)(C)CCCS(=O)(=O)[O-]. The van der Waals surface area contributed by atoms with Crippen LogP contribution in [-0.4, -0.2) is 101 Å². The summed E-state index contributed by atoms with van der Waals surface area (Å²) in [6.45, 7) is 8.18. The first-order chi connectivity index (χ1) is 22.5. The van der Waals surface area contributed by atoms with Crippen LogP contribution in [0.1, 0.15) is 181 Å². The van der Waals surface area contributed by atoms with E-state index >= 15 is 0 Å². The minimum absolute atomic E-state index is 0.229. The Morgan fingerprint density at radius 3 is 0.729 bits per heavy atom. The van der Waals surface area contributed by atoms with Gasteiger partial charge in [-0.25, -0.2) is 16.8 Å². The predicted octanol–water partition coefficient (Wildman–Crippen LogP) is 9.40. The molecule has 0 unspecified atom stereocenters. The third-order valence-corrected chi connectivity index (χ3v) is 11.1. The molecule has 8 nitrogen and oxygen atoms in total. The summed E-state index contributed by atoms with van der Waals surface area (Å²) in [6, 6.07) is 0. The van der Waals surface area contributed by atoms with Crippen LogP contribution in [0.15, 0.2) is 0 Å². The number of hydrogen-bond donors (Lipinski definition) is 0. The van der Waals surface area contributed by atoms with Gasteiger partial charge in [-0.15, -0.1) is 0 Å². The normalized spacial score (nSPS) is 12.7. The maximum absolute atomic E-state index is 10.6. The Morgan fingerprint density at radius 2 is 0.521 bits per heavy atom. The highest BCUT2D eigenvalue weighted by Gasteiger charge is 2.15. The zero-order valence-corrected chi connectivity index (χ0v) is 34.4. The number of quaternary nitrogens is 2. The molecule has 10 heteroatoms. The molecule has 0 aliphatic heterocycles. The van der Waals surface area contributed by atoms with Crippen LogP contribution in [0.3, 0.4) is 0 Å². The Balaban J connectivity index is 0. The summed E-state index contributed by atoms with van der Waals surface area (Å²) in [5.41, 5.74) is 0. The molecule has 0 fully saturated rings. The Bertz CT molecular complexity index is 834. The van der Waals surface area contributed by atoms with Crippen molar-refractivity contribution >= 4 is 20.2 Å². The molecule has 0 bridgehead atoms. The van der Waals surface area contributed by atoms with Crippen molar-refractivity contribution < 1.29 is 34.9 Å². The topological polar surface area (TPSA) is 114 Å². The smallest absolute Gasteiger partial charge is 0.0948 e. The molecule has 0 spiro atoms. The lowest BCUT2D eigenvalue weighted by Gasteiger charge is -2.30. The molecule has 0 aliphatic rings. The minimum Gasteiger partial charge on any atom is -0.748 e. The van der Waals surface area contributed by atoms with Crippen molar-refractivity contribution in [3.05, 3.63) is 0 Å². The van der Waals surface area contributed by atoms with Gasteiger partial charge in [0.25, 0.3) is 0 Å². The van der Waals surface area contributed by atoms with E-state index in [9.17, 15) is 25.9 Å². The van der Waals surface area contributed by atoms with Crippen molar-refractivity contribution in [2.75, 3.05) is 65.9 Å². The maximum Gasteiger partial charge on any atom is 0.0948 e. The molecule has 0 rings (SSSR count). The van der Waals surface area contributed by atoms with Crippen LogP contribution in [0.25, 0.3) is 0 Å². The Morgan fingerprint density at radius 1 is 0.333 bits per heavy atom. The van der Waals surface area contributed by atoms with E-state index in [1.165, 1.54) is 154 Å². The summed E-state index contributed by atoms with van der Waals surface area (Å²) < 4.78 is 65.4. The highest BCUT2D eigenvalue weighted by molar-refractivity contribution is 7.85. The number of unbranched alkanes of at least 4 members (excludes halogenated alkanes) is 22. The minimum atomic E-state index is -4.05. The van der Waals surface area contributed by atoms with Gasteiger partial charge in [-0.05, 0) is 25.7 Å². The fourth-order valence-electron chi connectivity index (χ4n) is 6.32. The van der Waals surface area contributed by atoms with Crippen molar-refractivity contribution in [3.63, 3.8) is 0 Å². The molecule has 0 aromatic rings. The first kappa shape index (κ1) is 49.9. The van der Waals surface area contributed by atoms with Crippen LogP contribution in [0, 0.1) is 0 Å². The van der Waals surface area contributed by atoms with E-state index in [4.69, 9.17) is 0 Å². The van der Waals surface area contributed by atoms with Crippen LogP contribution in [0.2, 0.25) is 0 Å². The maximum atomic E-state index is 10.6. The summed E-state index contributed by atoms with van der Waals surface area (Å²) in [5, 5.41) is 0. The lowest BCUT2D eigenvalue weighted by molar-refractivity contribution is -0.890. The Labute approximate surface area is 300 Å². The van der Waals surface area contributed by atoms with E-state index in [-0.39, 0.29) is 11.5 Å². The van der Waals surface area contributed by atoms with Gasteiger partial charge < -0.3 is 18.1 Å². The van der Waals surface area contributed by atoms with E-state index in [1.54, 1.807) is 0 Å². The summed E-state index contributed by atoms with van der Waals surface area (Å²) in [4.78, 5) is 0. The fraction of sp³-hybridized carbons (Fsp3) is 1.00. The summed E-state index contributed by atoms with van der Waals surface area (Å²) in [6.07, 6.45) is 33.3. The number of rotatable bonds is 34. The van der Waals surface area contributed by atoms with Crippen LogP contribution in [0.4, 0.5) is 0 Å². The lowest BCUT2D eigenvalue weighted by Crippen LogP contribution is -2.41. The van der Waals surface area contributed by atoms with Crippen molar-refractivity contribution in [1.82, 2.24) is 0 Å². The largest absolute Gasteiger partial charge is 0.748 e. The zero-order valence-electron chi connectivity index (χ0n) is 32.8. The summed E-state index contributed by atoms with van der Waals surface area (Å²) >= 11 is 0. The highest BCUT2D eigenvalue weighted by atomic mass is 32.2. The second kappa shape index (κ2) is 31.5. The van der Waals surface area contributed by atoms with Gasteiger partial charge in [0.1, 0.15) is 0 Å². The fourth-order valence-corrected chi connectivity index (χ4v) is 7.29. The molecule has 0 radical (unpaired) electrons. The van der Waals surface area contributed by atoms with Crippen molar-refractivity contribution in [2.24, 2.45) is 0 Å². The van der Waals surface area contributed by atoms with Crippen molar-refractivity contribution in [1.29, 1.82) is 0 Å². The molecule has 0 aromatic carbocycles. The molecule has 0 N–H and O–H groups in total. The van der Waals surface area contributed by atoms with Crippen molar-refractivity contribution in [3.8, 4) is 0 Å². The standard InChI is InChI=1S/2C19H41NO3S/c2*1-4-5-6-7-8-9-10-11-12-13-14-15-17-20(2,3)18-16-19-24(21,22)23/h2*4-19H2,1-3H3. The van der Waals surface area contributed by atoms with Gasteiger partial charge in [0.15, 0.2) is 0 Å².